The Balaban J connectivity index is 2.53. The quantitative estimate of drug-likeness (QED) is 0.680. The van der Waals surface area contributed by atoms with Crippen molar-refractivity contribution in [3.8, 4) is 0 Å². The molecule has 0 aromatic carbocycles. The van der Waals surface area contributed by atoms with Gasteiger partial charge in [0.2, 0.25) is 0 Å². The number of rotatable bonds is 2. The number of piperidine rings is 1. The summed E-state index contributed by atoms with van der Waals surface area (Å²) in [4.78, 5) is 2.36. The molecule has 2 heteroatoms. The fourth-order valence-corrected chi connectivity index (χ4v) is 2.26. The molecule has 0 aliphatic carbocycles. The number of likely N-dealkylation sites (N-methyl/N-ethyl adjacent to an activating group) is 1. The van der Waals surface area contributed by atoms with Crippen LogP contribution in [0.3, 0.4) is 0 Å². The lowest BCUT2D eigenvalue weighted by Crippen LogP contribution is -2.47. The van der Waals surface area contributed by atoms with Crippen molar-refractivity contribution in [2.24, 2.45) is 5.92 Å². The summed E-state index contributed by atoms with van der Waals surface area (Å²) in [7, 11) is 2.14. The van der Waals surface area contributed by atoms with Gasteiger partial charge < -0.3 is 5.11 Å². The zero-order chi connectivity index (χ0) is 9.14. The largest absolute Gasteiger partial charge is 0.395 e. The number of hydrogen-bond donors (Lipinski definition) is 1. The van der Waals surface area contributed by atoms with Gasteiger partial charge in [-0.1, -0.05) is 20.3 Å². The first-order valence-corrected chi connectivity index (χ1v) is 4.99. The highest BCUT2D eigenvalue weighted by atomic mass is 16.3. The van der Waals surface area contributed by atoms with Gasteiger partial charge in [0, 0.05) is 12.1 Å². The second kappa shape index (κ2) is 4.24. The first-order chi connectivity index (χ1) is 5.66. The molecular weight excluding hydrogens is 150 g/mol. The van der Waals surface area contributed by atoms with Crippen LogP contribution in [0.1, 0.15) is 33.1 Å². The molecule has 2 nitrogen and oxygen atoms in total. The van der Waals surface area contributed by atoms with E-state index in [9.17, 15) is 0 Å². The lowest BCUT2D eigenvalue weighted by atomic mass is 9.90. The van der Waals surface area contributed by atoms with Crippen LogP contribution in [0, 0.1) is 5.92 Å². The molecule has 2 atom stereocenters. The Labute approximate surface area is 75.6 Å². The first kappa shape index (κ1) is 10.0. The van der Waals surface area contributed by atoms with Gasteiger partial charge in [0.25, 0.3) is 0 Å². The molecule has 0 aromatic rings. The van der Waals surface area contributed by atoms with E-state index in [1.54, 1.807) is 0 Å². The van der Waals surface area contributed by atoms with E-state index in [1.807, 2.05) is 0 Å². The third-order valence-electron chi connectivity index (χ3n) is 3.12. The molecule has 72 valence electrons. The van der Waals surface area contributed by atoms with E-state index < -0.39 is 0 Å². The maximum Gasteiger partial charge on any atom is 0.0586 e. The molecule has 12 heavy (non-hydrogen) atoms. The molecular formula is C10H21NO. The molecule has 1 fully saturated rings. The van der Waals surface area contributed by atoms with Gasteiger partial charge in [0.15, 0.2) is 0 Å². The monoisotopic (exact) mass is 171 g/mol. The van der Waals surface area contributed by atoms with Gasteiger partial charge in [-0.15, -0.1) is 0 Å². The lowest BCUT2D eigenvalue weighted by molar-refractivity contribution is 0.0475. The summed E-state index contributed by atoms with van der Waals surface area (Å²) >= 11 is 0. The van der Waals surface area contributed by atoms with Gasteiger partial charge >= 0.3 is 0 Å². The molecule has 1 aliphatic heterocycles. The third-order valence-corrected chi connectivity index (χ3v) is 3.12. The summed E-state index contributed by atoms with van der Waals surface area (Å²) < 4.78 is 0. The summed E-state index contributed by atoms with van der Waals surface area (Å²) in [5, 5.41) is 9.12. The van der Waals surface area contributed by atoms with Crippen LogP contribution in [-0.2, 0) is 0 Å². The fourth-order valence-electron chi connectivity index (χ4n) is 2.26. The molecule has 0 spiro atoms. The highest BCUT2D eigenvalue weighted by Crippen LogP contribution is 2.25. The normalized spacial score (nSPS) is 32.8. The smallest absolute Gasteiger partial charge is 0.0586 e. The van der Waals surface area contributed by atoms with Crippen molar-refractivity contribution >= 4 is 0 Å². The Morgan fingerprint density at radius 2 is 2.08 bits per heavy atom. The number of hydrogen-bond acceptors (Lipinski definition) is 2. The van der Waals surface area contributed by atoms with Crippen LogP contribution in [-0.4, -0.2) is 35.7 Å². The first-order valence-electron chi connectivity index (χ1n) is 4.99. The molecule has 1 aliphatic rings. The predicted octanol–water partition coefficient (Wildman–Crippen LogP) is 1.49. The van der Waals surface area contributed by atoms with E-state index in [1.165, 1.54) is 12.8 Å². The number of aliphatic hydroxyl groups excluding tert-OH is 1. The van der Waals surface area contributed by atoms with E-state index >= 15 is 0 Å². The predicted molar refractivity (Wildman–Crippen MR) is 51.1 cm³/mol. The number of aliphatic hydroxyl groups is 1. The van der Waals surface area contributed by atoms with Crippen molar-refractivity contribution in [1.82, 2.24) is 4.90 Å². The molecule has 0 radical (unpaired) electrons. The van der Waals surface area contributed by atoms with Gasteiger partial charge in [-0.25, -0.2) is 0 Å². The van der Waals surface area contributed by atoms with Gasteiger partial charge in [0.1, 0.15) is 0 Å². The van der Waals surface area contributed by atoms with Crippen LogP contribution in [0.25, 0.3) is 0 Å². The summed E-state index contributed by atoms with van der Waals surface area (Å²) in [5.74, 6) is 0.712. The van der Waals surface area contributed by atoms with E-state index in [2.05, 4.69) is 25.8 Å². The van der Waals surface area contributed by atoms with Crippen molar-refractivity contribution in [3.63, 3.8) is 0 Å². The van der Waals surface area contributed by atoms with Crippen LogP contribution in [0.15, 0.2) is 0 Å². The Kier molecular flexibility index (Phi) is 3.53. The molecule has 0 bridgehead atoms. The molecule has 0 amide bonds. The second-order valence-corrected chi connectivity index (χ2v) is 4.24. The van der Waals surface area contributed by atoms with Crippen LogP contribution in [0.2, 0.25) is 0 Å². The molecule has 1 rings (SSSR count). The minimum Gasteiger partial charge on any atom is -0.395 e. The van der Waals surface area contributed by atoms with Gasteiger partial charge in [-0.05, 0) is 25.8 Å². The van der Waals surface area contributed by atoms with E-state index in [-0.39, 0.29) is 0 Å². The summed E-state index contributed by atoms with van der Waals surface area (Å²) in [6.07, 6.45) is 3.74. The standard InChI is InChI=1S/C10H21NO/c1-8(2)10-6-4-5-9(7-12)11(10)3/h8-10,12H,4-7H2,1-3H3. The summed E-state index contributed by atoms with van der Waals surface area (Å²) in [6, 6.07) is 1.09. The molecule has 1 heterocycles. The van der Waals surface area contributed by atoms with Crippen molar-refractivity contribution < 1.29 is 5.11 Å². The Morgan fingerprint density at radius 1 is 1.42 bits per heavy atom. The van der Waals surface area contributed by atoms with Gasteiger partial charge in [0.05, 0.1) is 6.61 Å². The van der Waals surface area contributed by atoms with E-state index in [4.69, 9.17) is 5.11 Å². The lowest BCUT2D eigenvalue weighted by Gasteiger charge is -2.40. The minimum atomic E-state index is 0.319. The van der Waals surface area contributed by atoms with Crippen LogP contribution < -0.4 is 0 Å². The van der Waals surface area contributed by atoms with Crippen molar-refractivity contribution in [1.29, 1.82) is 0 Å². The highest BCUT2D eigenvalue weighted by Gasteiger charge is 2.28. The highest BCUT2D eigenvalue weighted by molar-refractivity contribution is 4.83. The zero-order valence-electron chi connectivity index (χ0n) is 8.45. The average Bonchev–Trinajstić information content (AvgIpc) is 2.04. The summed E-state index contributed by atoms with van der Waals surface area (Å²) in [6.45, 7) is 4.85. The topological polar surface area (TPSA) is 23.5 Å². The minimum absolute atomic E-state index is 0.319. The third kappa shape index (κ3) is 1.99. The van der Waals surface area contributed by atoms with Gasteiger partial charge in [-0.2, -0.15) is 0 Å². The molecule has 1 N–H and O–H groups in total. The SMILES string of the molecule is CC(C)C1CCCC(CO)N1C. The fraction of sp³-hybridized carbons (Fsp3) is 1.00. The van der Waals surface area contributed by atoms with E-state index in [0.717, 1.165) is 6.42 Å². The Hall–Kier alpha value is -0.0800. The van der Waals surface area contributed by atoms with Crippen molar-refractivity contribution in [3.05, 3.63) is 0 Å². The number of nitrogens with zero attached hydrogens (tertiary/aromatic N) is 1. The van der Waals surface area contributed by atoms with Crippen LogP contribution in [0.4, 0.5) is 0 Å². The van der Waals surface area contributed by atoms with Crippen molar-refractivity contribution in [2.45, 2.75) is 45.2 Å². The molecule has 2 unspecified atom stereocenters. The number of likely N-dealkylation sites (tertiary alicyclic amines) is 1. The van der Waals surface area contributed by atoms with Crippen LogP contribution in [0.5, 0.6) is 0 Å². The average molecular weight is 171 g/mol. The van der Waals surface area contributed by atoms with Crippen molar-refractivity contribution in [2.75, 3.05) is 13.7 Å². The zero-order valence-corrected chi connectivity index (χ0v) is 8.45. The van der Waals surface area contributed by atoms with E-state index in [0.29, 0.717) is 24.6 Å². The summed E-state index contributed by atoms with van der Waals surface area (Å²) in [5.41, 5.74) is 0. The molecule has 0 aromatic heterocycles. The maximum absolute atomic E-state index is 9.12. The molecule has 1 saturated heterocycles. The van der Waals surface area contributed by atoms with Crippen LogP contribution >= 0.6 is 0 Å². The Bertz CT molecular complexity index is 136. The van der Waals surface area contributed by atoms with Gasteiger partial charge in [-0.3, -0.25) is 4.90 Å². The molecule has 0 saturated carbocycles. The Morgan fingerprint density at radius 3 is 2.58 bits per heavy atom. The second-order valence-electron chi connectivity index (χ2n) is 4.24. The maximum atomic E-state index is 9.12.